The average molecular weight is 616 g/mol. The Kier molecular flexibility index (Phi) is 31.5. The van der Waals surface area contributed by atoms with Crippen molar-refractivity contribution in [1.29, 1.82) is 0 Å². The summed E-state index contributed by atoms with van der Waals surface area (Å²) in [7, 11) is 0. The van der Waals surface area contributed by atoms with Crippen LogP contribution in [0.2, 0.25) is 0 Å². The largest absolute Gasteiger partial charge is 0.256 e. The lowest BCUT2D eigenvalue weighted by atomic mass is 10.0. The molecule has 0 N–H and O–H groups in total. The zero-order chi connectivity index (χ0) is 31.6. The summed E-state index contributed by atoms with van der Waals surface area (Å²) >= 11 is 0. The topological polar surface area (TPSA) is 8.81 Å². The van der Waals surface area contributed by atoms with Crippen molar-refractivity contribution in [2.45, 2.75) is 252 Å². The van der Waals surface area contributed by atoms with Crippen molar-refractivity contribution < 1.29 is 4.57 Å². The second-order valence-corrected chi connectivity index (χ2v) is 14.5. The zero-order valence-corrected chi connectivity index (χ0v) is 31.0. The first-order valence-corrected chi connectivity index (χ1v) is 20.9. The molecule has 0 amide bonds. The predicted octanol–water partition coefficient (Wildman–Crippen LogP) is 14.3. The van der Waals surface area contributed by atoms with Gasteiger partial charge in [-0.2, -0.15) is 0 Å². The third-order valence-electron chi connectivity index (χ3n) is 10.1. The molecular weight excluding hydrogens is 532 g/mol. The molecule has 0 aliphatic rings. The van der Waals surface area contributed by atoms with Gasteiger partial charge in [-0.1, -0.05) is 201 Å². The molecule has 1 rings (SSSR count). The molecule has 2 nitrogen and oxygen atoms in total. The maximum absolute atomic E-state index is 2.64. The van der Waals surface area contributed by atoms with Crippen LogP contribution >= 0.6 is 0 Å². The van der Waals surface area contributed by atoms with Crippen LogP contribution in [0.3, 0.4) is 0 Å². The monoisotopic (exact) mass is 616 g/mol. The van der Waals surface area contributed by atoms with E-state index in [2.05, 4.69) is 42.3 Å². The van der Waals surface area contributed by atoms with Crippen molar-refractivity contribution in [3.8, 4) is 0 Å². The summed E-state index contributed by atoms with van der Waals surface area (Å²) in [6.07, 6.45) is 53.4. The molecular formula is C42H83N2+. The summed E-state index contributed by atoms with van der Waals surface area (Å²) in [5.41, 5.74) is 0. The highest BCUT2D eigenvalue weighted by Crippen LogP contribution is 2.15. The molecule has 0 radical (unpaired) electrons. The molecule has 0 aliphatic heterocycles. The first-order chi connectivity index (χ1) is 21.8. The predicted molar refractivity (Wildman–Crippen MR) is 198 cm³/mol. The summed E-state index contributed by atoms with van der Waals surface area (Å²) in [6.45, 7) is 9.41. The fourth-order valence-electron chi connectivity index (χ4n) is 7.03. The van der Waals surface area contributed by atoms with Gasteiger partial charge in [0.25, 0.3) is 5.82 Å². The summed E-state index contributed by atoms with van der Waals surface area (Å²) in [5.74, 6) is 1.62. The Balaban J connectivity index is 2.24. The van der Waals surface area contributed by atoms with Gasteiger partial charge in [0.05, 0.1) is 13.1 Å². The first kappa shape index (κ1) is 41.2. The summed E-state index contributed by atoms with van der Waals surface area (Å²) < 4.78 is 5.27. The van der Waals surface area contributed by atoms with Gasteiger partial charge in [-0.15, -0.1) is 0 Å². The molecule has 0 bridgehead atoms. The summed E-state index contributed by atoms with van der Waals surface area (Å²) in [4.78, 5) is 0. The van der Waals surface area contributed by atoms with E-state index in [0.29, 0.717) is 0 Å². The van der Waals surface area contributed by atoms with Crippen molar-refractivity contribution in [3.63, 3.8) is 0 Å². The van der Waals surface area contributed by atoms with E-state index in [4.69, 9.17) is 0 Å². The number of unbranched alkanes of at least 4 members (excludes halogenated alkanes) is 30. The van der Waals surface area contributed by atoms with Crippen molar-refractivity contribution in [1.82, 2.24) is 4.57 Å². The third-order valence-corrected chi connectivity index (χ3v) is 10.1. The molecule has 1 aromatic rings. The molecule has 1 aromatic heterocycles. The SMILES string of the molecule is CCCCCCCCCCCCCCCC[n+]1ccn(CCCCCCCCCCCCCC)c1CCCCCCCCC. The van der Waals surface area contributed by atoms with Gasteiger partial charge < -0.3 is 0 Å². The van der Waals surface area contributed by atoms with E-state index in [-0.39, 0.29) is 0 Å². The van der Waals surface area contributed by atoms with E-state index in [9.17, 15) is 0 Å². The molecule has 0 saturated heterocycles. The number of aromatic nitrogens is 2. The molecule has 0 unspecified atom stereocenters. The number of rotatable bonds is 36. The van der Waals surface area contributed by atoms with Gasteiger partial charge in [0, 0.05) is 6.42 Å². The van der Waals surface area contributed by atoms with Gasteiger partial charge in [-0.3, -0.25) is 0 Å². The van der Waals surface area contributed by atoms with Crippen LogP contribution in [0.4, 0.5) is 0 Å². The average Bonchev–Trinajstić information content (AvgIpc) is 3.42. The molecule has 260 valence electrons. The normalized spacial score (nSPS) is 11.6. The van der Waals surface area contributed by atoms with Gasteiger partial charge in [0.1, 0.15) is 12.4 Å². The number of aryl methyl sites for hydroxylation is 2. The third kappa shape index (κ3) is 25.4. The minimum Gasteiger partial charge on any atom is -0.234 e. The lowest BCUT2D eigenvalue weighted by molar-refractivity contribution is -0.704. The fourth-order valence-corrected chi connectivity index (χ4v) is 7.03. The number of imidazole rings is 1. The molecule has 1 heterocycles. The lowest BCUT2D eigenvalue weighted by Gasteiger charge is -2.07. The summed E-state index contributed by atoms with van der Waals surface area (Å²) in [6, 6.07) is 0. The Morgan fingerprint density at radius 3 is 1.09 bits per heavy atom. The number of hydrogen-bond donors (Lipinski definition) is 0. The van der Waals surface area contributed by atoms with Crippen molar-refractivity contribution >= 4 is 0 Å². The Hall–Kier alpha value is -0.790. The Bertz CT molecular complexity index is 677. The zero-order valence-electron chi connectivity index (χ0n) is 31.0. The van der Waals surface area contributed by atoms with Crippen molar-refractivity contribution in [3.05, 3.63) is 18.2 Å². The van der Waals surface area contributed by atoms with Crippen LogP contribution in [0, 0.1) is 0 Å². The highest BCUT2D eigenvalue weighted by Gasteiger charge is 2.16. The Labute approximate surface area is 279 Å². The molecule has 0 atom stereocenters. The minimum absolute atomic E-state index is 1.23. The van der Waals surface area contributed by atoms with Crippen LogP contribution in [0.1, 0.15) is 238 Å². The highest BCUT2D eigenvalue weighted by molar-refractivity contribution is 4.84. The molecule has 44 heavy (non-hydrogen) atoms. The molecule has 2 heteroatoms. The number of nitrogens with zero attached hydrogens (tertiary/aromatic N) is 2. The van der Waals surface area contributed by atoms with E-state index < -0.39 is 0 Å². The lowest BCUT2D eigenvalue weighted by Crippen LogP contribution is -2.37. The van der Waals surface area contributed by atoms with Gasteiger partial charge in [-0.25, -0.2) is 9.13 Å². The van der Waals surface area contributed by atoms with E-state index in [1.165, 1.54) is 231 Å². The van der Waals surface area contributed by atoms with Gasteiger partial charge in [-0.05, 0) is 32.1 Å². The van der Waals surface area contributed by atoms with Crippen LogP contribution in [-0.4, -0.2) is 4.57 Å². The first-order valence-electron chi connectivity index (χ1n) is 20.9. The van der Waals surface area contributed by atoms with Gasteiger partial charge in [0.2, 0.25) is 0 Å². The van der Waals surface area contributed by atoms with Gasteiger partial charge >= 0.3 is 0 Å². The smallest absolute Gasteiger partial charge is 0.234 e. The summed E-state index contributed by atoms with van der Waals surface area (Å²) in [5, 5.41) is 0. The fraction of sp³-hybridized carbons (Fsp3) is 0.929. The van der Waals surface area contributed by atoms with E-state index in [0.717, 1.165) is 0 Å². The number of hydrogen-bond acceptors (Lipinski definition) is 0. The Morgan fingerprint density at radius 1 is 0.386 bits per heavy atom. The molecule has 0 aromatic carbocycles. The van der Waals surface area contributed by atoms with Crippen LogP contribution in [0.25, 0.3) is 0 Å². The second kappa shape index (κ2) is 33.6. The standard InChI is InChI=1S/C42H83N2/c1-4-7-10-13-16-18-20-22-23-25-27-30-33-36-39-44-41-40-43(42(44)37-34-31-28-15-12-9-6-3)38-35-32-29-26-24-21-19-17-14-11-8-5-2/h40-41H,4-39H2,1-3H3/q+1. The Morgan fingerprint density at radius 2 is 0.705 bits per heavy atom. The maximum atomic E-state index is 2.64. The van der Waals surface area contributed by atoms with Crippen LogP contribution in [0.5, 0.6) is 0 Å². The van der Waals surface area contributed by atoms with E-state index in [1.54, 1.807) is 5.82 Å². The van der Waals surface area contributed by atoms with Crippen molar-refractivity contribution in [2.75, 3.05) is 0 Å². The molecule has 0 fully saturated rings. The van der Waals surface area contributed by atoms with Crippen LogP contribution in [0.15, 0.2) is 12.4 Å². The van der Waals surface area contributed by atoms with Gasteiger partial charge in [0.15, 0.2) is 0 Å². The second-order valence-electron chi connectivity index (χ2n) is 14.5. The highest BCUT2D eigenvalue weighted by atomic mass is 15.1. The minimum atomic E-state index is 1.23. The molecule has 0 saturated carbocycles. The quantitative estimate of drug-likeness (QED) is 0.0524. The molecule has 0 aliphatic carbocycles. The van der Waals surface area contributed by atoms with Crippen LogP contribution < -0.4 is 4.57 Å². The van der Waals surface area contributed by atoms with Crippen LogP contribution in [-0.2, 0) is 19.5 Å². The molecule has 0 spiro atoms. The van der Waals surface area contributed by atoms with E-state index in [1.807, 2.05) is 0 Å². The maximum Gasteiger partial charge on any atom is 0.256 e. The van der Waals surface area contributed by atoms with Crippen molar-refractivity contribution in [2.24, 2.45) is 0 Å². The van der Waals surface area contributed by atoms with E-state index >= 15 is 0 Å².